The van der Waals surface area contributed by atoms with E-state index in [0.717, 1.165) is 48.1 Å². The zero-order valence-corrected chi connectivity index (χ0v) is 21.2. The highest BCUT2D eigenvalue weighted by Crippen LogP contribution is 2.28. The Bertz CT molecular complexity index is 1150. The number of hydrogen-bond acceptors (Lipinski definition) is 6. The first-order chi connectivity index (χ1) is 16.1. The number of fused-ring (bicyclic) bond motifs is 1. The Morgan fingerprint density at radius 2 is 1.82 bits per heavy atom. The lowest BCUT2D eigenvalue weighted by molar-refractivity contribution is 0.0934. The van der Waals surface area contributed by atoms with E-state index in [-0.39, 0.29) is 11.3 Å². The molecule has 2 N–H and O–H groups in total. The molecular weight excluding hydrogens is 426 g/mol. The lowest BCUT2D eigenvalue weighted by Crippen LogP contribution is -2.34. The average molecular weight is 464 g/mol. The molecule has 2 heterocycles. The number of hydrogen-bond donors (Lipinski definition) is 2. The van der Waals surface area contributed by atoms with Gasteiger partial charge in [-0.1, -0.05) is 32.9 Å². The van der Waals surface area contributed by atoms with Crippen LogP contribution in [0.2, 0.25) is 0 Å². The van der Waals surface area contributed by atoms with Crippen molar-refractivity contribution in [1.82, 2.24) is 25.1 Å². The average Bonchev–Trinajstić information content (AvgIpc) is 3.20. The lowest BCUT2D eigenvalue weighted by atomic mass is 9.86. The molecule has 8 nitrogen and oxygen atoms in total. The molecule has 1 aliphatic rings. The van der Waals surface area contributed by atoms with Gasteiger partial charge in [0.15, 0.2) is 0 Å². The minimum atomic E-state index is -0.0796. The summed E-state index contributed by atoms with van der Waals surface area (Å²) >= 11 is 0. The summed E-state index contributed by atoms with van der Waals surface area (Å²) in [6.45, 7) is 7.01. The highest BCUT2D eigenvalue weighted by atomic mass is 16.2. The fraction of sp³-hybridized carbons (Fsp3) is 0.538. The fourth-order valence-corrected chi connectivity index (χ4v) is 4.53. The van der Waals surface area contributed by atoms with E-state index in [0.29, 0.717) is 30.1 Å². The summed E-state index contributed by atoms with van der Waals surface area (Å²) in [5, 5.41) is 12.3. The van der Waals surface area contributed by atoms with E-state index in [2.05, 4.69) is 42.6 Å². The largest absolute Gasteiger partial charge is 0.362 e. The fourth-order valence-electron chi connectivity index (χ4n) is 4.53. The van der Waals surface area contributed by atoms with Crippen LogP contribution in [0.15, 0.2) is 30.3 Å². The maximum atomic E-state index is 12.7. The van der Waals surface area contributed by atoms with Gasteiger partial charge in [-0.15, -0.1) is 0 Å². The number of aromatic nitrogens is 4. The van der Waals surface area contributed by atoms with E-state index in [1.807, 2.05) is 50.3 Å². The summed E-state index contributed by atoms with van der Waals surface area (Å²) in [6, 6.07) is 10.4. The van der Waals surface area contributed by atoms with Crippen LogP contribution in [0.1, 0.15) is 62.6 Å². The van der Waals surface area contributed by atoms with Crippen LogP contribution in [0.5, 0.6) is 0 Å². The molecule has 0 radical (unpaired) electrons. The summed E-state index contributed by atoms with van der Waals surface area (Å²) in [5.41, 5.74) is 2.42. The normalized spacial score (nSPS) is 18.6. The molecule has 2 aromatic heterocycles. The quantitative estimate of drug-likeness (QED) is 0.572. The Morgan fingerprint density at radius 1 is 1.12 bits per heavy atom. The number of para-hydroxylation sites is 1. The van der Waals surface area contributed by atoms with Crippen LogP contribution in [0.25, 0.3) is 10.9 Å². The summed E-state index contributed by atoms with van der Waals surface area (Å²) < 4.78 is 1.68. The number of nitrogens with zero attached hydrogens (tertiary/aromatic N) is 5. The molecule has 1 aromatic carbocycles. The molecule has 0 atom stereocenters. The van der Waals surface area contributed by atoms with Gasteiger partial charge in [0.2, 0.25) is 5.95 Å². The molecule has 1 amide bonds. The van der Waals surface area contributed by atoms with Crippen molar-refractivity contribution in [1.29, 1.82) is 0 Å². The summed E-state index contributed by atoms with van der Waals surface area (Å²) in [6.07, 6.45) is 4.19. The number of carbonyl (C=O) groups excluding carboxylic acids is 1. The molecule has 4 rings (SSSR count). The van der Waals surface area contributed by atoms with Gasteiger partial charge in [0.25, 0.3) is 5.91 Å². The van der Waals surface area contributed by atoms with Crippen molar-refractivity contribution in [3.8, 4) is 0 Å². The third-order valence-corrected chi connectivity index (χ3v) is 6.62. The molecule has 0 unspecified atom stereocenters. The predicted octanol–water partition coefficient (Wildman–Crippen LogP) is 4.13. The van der Waals surface area contributed by atoms with Crippen LogP contribution in [-0.4, -0.2) is 52.3 Å². The van der Waals surface area contributed by atoms with Crippen LogP contribution in [-0.2, 0) is 12.5 Å². The molecule has 3 aromatic rings. The Morgan fingerprint density at radius 3 is 2.47 bits per heavy atom. The van der Waals surface area contributed by atoms with Gasteiger partial charge < -0.3 is 15.5 Å². The predicted molar refractivity (Wildman–Crippen MR) is 137 cm³/mol. The zero-order valence-electron chi connectivity index (χ0n) is 21.2. The Balaban J connectivity index is 1.31. The molecule has 0 spiro atoms. The molecule has 0 saturated heterocycles. The van der Waals surface area contributed by atoms with Crippen LogP contribution in [0, 0.1) is 5.92 Å². The third kappa shape index (κ3) is 5.32. The maximum Gasteiger partial charge on any atom is 0.269 e. The summed E-state index contributed by atoms with van der Waals surface area (Å²) in [7, 11) is 5.85. The number of rotatable bonds is 6. The summed E-state index contributed by atoms with van der Waals surface area (Å²) in [4.78, 5) is 24.3. The molecular formula is C26H37N7O. The van der Waals surface area contributed by atoms with Crippen LogP contribution in [0.4, 0.5) is 11.8 Å². The van der Waals surface area contributed by atoms with Gasteiger partial charge in [0.05, 0.1) is 11.2 Å². The number of aryl methyl sites for hydroxylation is 1. The molecule has 8 heteroatoms. The number of amides is 1. The van der Waals surface area contributed by atoms with Crippen molar-refractivity contribution in [3.05, 3.63) is 41.7 Å². The molecule has 1 saturated carbocycles. The second-order valence-corrected chi connectivity index (χ2v) is 10.6. The third-order valence-electron chi connectivity index (χ3n) is 6.62. The van der Waals surface area contributed by atoms with Crippen molar-refractivity contribution >= 4 is 28.6 Å². The van der Waals surface area contributed by atoms with Crippen molar-refractivity contribution in [2.75, 3.05) is 30.9 Å². The van der Waals surface area contributed by atoms with Gasteiger partial charge in [0.1, 0.15) is 11.5 Å². The van der Waals surface area contributed by atoms with E-state index < -0.39 is 0 Å². The molecule has 1 aliphatic carbocycles. The van der Waals surface area contributed by atoms with Gasteiger partial charge in [-0.25, -0.2) is 4.98 Å². The van der Waals surface area contributed by atoms with Gasteiger partial charge >= 0.3 is 0 Å². The van der Waals surface area contributed by atoms with Gasteiger partial charge in [0, 0.05) is 44.5 Å². The number of benzene rings is 1. The van der Waals surface area contributed by atoms with Crippen LogP contribution >= 0.6 is 0 Å². The van der Waals surface area contributed by atoms with Crippen molar-refractivity contribution in [2.24, 2.45) is 13.0 Å². The van der Waals surface area contributed by atoms with Gasteiger partial charge in [-0.05, 0) is 49.8 Å². The first-order valence-electron chi connectivity index (χ1n) is 12.1. The minimum absolute atomic E-state index is 0.0495. The smallest absolute Gasteiger partial charge is 0.269 e. The molecule has 0 bridgehead atoms. The highest BCUT2D eigenvalue weighted by Gasteiger charge is 2.25. The molecule has 182 valence electrons. The SMILES string of the molecule is CN(C)c1nc(N[C@H]2CC[C@@H](CNC(=O)c3cc(C(C)(C)C)nn3C)CC2)nc2ccccc12. The Labute approximate surface area is 202 Å². The number of nitrogens with one attached hydrogen (secondary N) is 2. The standard InChI is InChI=1S/C26H37N7O/c1-26(2,3)22-15-21(33(6)31-22)24(34)27-16-17-11-13-18(14-12-17)28-25-29-20-10-8-7-9-19(20)23(30-25)32(4)5/h7-10,15,17-18H,11-14,16H2,1-6H3,(H,27,34)(H,28,29,30)/t17-,18+. The molecule has 0 aliphatic heterocycles. The van der Waals surface area contributed by atoms with Crippen LogP contribution in [0.3, 0.4) is 0 Å². The van der Waals surface area contributed by atoms with Gasteiger partial charge in [-0.2, -0.15) is 10.1 Å². The van der Waals surface area contributed by atoms with Crippen LogP contribution < -0.4 is 15.5 Å². The first kappa shape index (κ1) is 24.0. The molecule has 1 fully saturated rings. The lowest BCUT2D eigenvalue weighted by Gasteiger charge is -2.29. The summed E-state index contributed by atoms with van der Waals surface area (Å²) in [5.74, 6) is 2.04. The maximum absolute atomic E-state index is 12.7. The molecule has 34 heavy (non-hydrogen) atoms. The first-order valence-corrected chi connectivity index (χ1v) is 12.1. The number of carbonyl (C=O) groups is 1. The number of anilines is 2. The second-order valence-electron chi connectivity index (χ2n) is 10.6. The second kappa shape index (κ2) is 9.60. The van der Waals surface area contributed by atoms with E-state index in [1.165, 1.54) is 0 Å². The topological polar surface area (TPSA) is 88.0 Å². The van der Waals surface area contributed by atoms with Gasteiger partial charge in [-0.3, -0.25) is 9.48 Å². The Kier molecular flexibility index (Phi) is 6.77. The van der Waals surface area contributed by atoms with Crippen molar-refractivity contribution in [2.45, 2.75) is 57.9 Å². The minimum Gasteiger partial charge on any atom is -0.362 e. The van der Waals surface area contributed by atoms with E-state index in [4.69, 9.17) is 9.97 Å². The van der Waals surface area contributed by atoms with Crippen molar-refractivity contribution in [3.63, 3.8) is 0 Å². The van der Waals surface area contributed by atoms with E-state index in [1.54, 1.807) is 4.68 Å². The van der Waals surface area contributed by atoms with E-state index >= 15 is 0 Å². The van der Waals surface area contributed by atoms with E-state index in [9.17, 15) is 4.79 Å². The Hall–Kier alpha value is -3.16. The monoisotopic (exact) mass is 463 g/mol. The zero-order chi connectivity index (χ0) is 24.5. The highest BCUT2D eigenvalue weighted by molar-refractivity contribution is 5.92. The van der Waals surface area contributed by atoms with Crippen molar-refractivity contribution < 1.29 is 4.79 Å².